The zero-order chi connectivity index (χ0) is 13.7. The maximum atomic E-state index is 10.8. The minimum atomic E-state index is -0.765. The Kier molecular flexibility index (Phi) is 4.45. The number of nitriles is 1. The first-order valence-electron chi connectivity index (χ1n) is 5.06. The summed E-state index contributed by atoms with van der Waals surface area (Å²) in [5.74, 6) is 0.321. The zero-order valence-electron chi connectivity index (χ0n) is 9.91. The van der Waals surface area contributed by atoms with Gasteiger partial charge in [0.1, 0.15) is 6.07 Å². The van der Waals surface area contributed by atoms with E-state index in [-0.39, 0.29) is 22.7 Å². The lowest BCUT2D eigenvalue weighted by Crippen LogP contribution is -2.10. The zero-order valence-corrected chi connectivity index (χ0v) is 9.91. The number of hydrogen-bond donors (Lipinski definition) is 1. The van der Waals surface area contributed by atoms with E-state index >= 15 is 0 Å². The van der Waals surface area contributed by atoms with Crippen molar-refractivity contribution in [2.45, 2.75) is 19.6 Å². The SMILES string of the molecule is COc1cc(CO)c([N+](=O)[O-])cc1OC(C)C#N. The summed E-state index contributed by atoms with van der Waals surface area (Å²) >= 11 is 0. The normalized spacial score (nSPS) is 11.4. The van der Waals surface area contributed by atoms with Crippen LogP contribution in [-0.2, 0) is 6.61 Å². The minimum absolute atomic E-state index is 0.0930. The Hall–Kier alpha value is -2.33. The summed E-state index contributed by atoms with van der Waals surface area (Å²) in [6.45, 7) is 1.02. The fourth-order valence-corrected chi connectivity index (χ4v) is 1.36. The van der Waals surface area contributed by atoms with Crippen molar-refractivity contribution in [2.24, 2.45) is 0 Å². The number of nitrogens with zero attached hydrogens (tertiary/aromatic N) is 2. The highest BCUT2D eigenvalue weighted by Gasteiger charge is 2.20. The second-order valence-electron chi connectivity index (χ2n) is 3.44. The molecule has 1 unspecified atom stereocenters. The lowest BCUT2D eigenvalue weighted by molar-refractivity contribution is -0.386. The van der Waals surface area contributed by atoms with Crippen LogP contribution in [0.2, 0.25) is 0 Å². The van der Waals surface area contributed by atoms with Crippen molar-refractivity contribution >= 4 is 5.69 Å². The fraction of sp³-hybridized carbons (Fsp3) is 0.364. The summed E-state index contributed by atoms with van der Waals surface area (Å²) in [5, 5.41) is 28.5. The molecule has 0 spiro atoms. The van der Waals surface area contributed by atoms with Gasteiger partial charge in [-0.15, -0.1) is 0 Å². The van der Waals surface area contributed by atoms with E-state index in [1.54, 1.807) is 0 Å². The molecule has 0 bridgehead atoms. The standard InChI is InChI=1S/C11H12N2O5/c1-7(5-12)18-11-4-9(13(15)16)8(6-14)3-10(11)17-2/h3-4,7,14H,6H2,1-2H3. The van der Waals surface area contributed by atoms with Gasteiger partial charge in [-0.2, -0.15) is 5.26 Å². The van der Waals surface area contributed by atoms with Crippen molar-refractivity contribution in [3.05, 3.63) is 27.8 Å². The fourth-order valence-electron chi connectivity index (χ4n) is 1.36. The van der Waals surface area contributed by atoms with Crippen molar-refractivity contribution in [3.63, 3.8) is 0 Å². The van der Waals surface area contributed by atoms with E-state index in [0.717, 1.165) is 6.07 Å². The monoisotopic (exact) mass is 252 g/mol. The maximum absolute atomic E-state index is 10.8. The molecule has 18 heavy (non-hydrogen) atoms. The topological polar surface area (TPSA) is 106 Å². The predicted molar refractivity (Wildman–Crippen MR) is 61.3 cm³/mol. The number of rotatable bonds is 5. The first kappa shape index (κ1) is 13.7. The Bertz CT molecular complexity index is 495. The van der Waals surface area contributed by atoms with Crippen LogP contribution in [0.1, 0.15) is 12.5 Å². The third-order valence-corrected chi connectivity index (χ3v) is 2.22. The quantitative estimate of drug-likeness (QED) is 0.626. The van der Waals surface area contributed by atoms with E-state index in [9.17, 15) is 10.1 Å². The summed E-state index contributed by atoms with van der Waals surface area (Å²) in [5.41, 5.74) is -0.160. The summed E-state index contributed by atoms with van der Waals surface area (Å²) in [7, 11) is 1.37. The van der Waals surface area contributed by atoms with Gasteiger partial charge in [0.15, 0.2) is 17.6 Å². The van der Waals surface area contributed by atoms with Crippen LogP contribution < -0.4 is 9.47 Å². The number of aliphatic hydroxyl groups excluding tert-OH is 1. The van der Waals surface area contributed by atoms with Crippen LogP contribution in [-0.4, -0.2) is 23.2 Å². The summed E-state index contributed by atoms with van der Waals surface area (Å²) in [4.78, 5) is 10.2. The summed E-state index contributed by atoms with van der Waals surface area (Å²) < 4.78 is 10.2. The molecule has 0 saturated heterocycles. The van der Waals surface area contributed by atoms with Gasteiger partial charge in [-0.1, -0.05) is 0 Å². The minimum Gasteiger partial charge on any atom is -0.493 e. The predicted octanol–water partition coefficient (Wildman–Crippen LogP) is 1.39. The van der Waals surface area contributed by atoms with E-state index in [1.165, 1.54) is 20.1 Å². The number of hydrogen-bond acceptors (Lipinski definition) is 6. The van der Waals surface area contributed by atoms with Gasteiger partial charge in [-0.05, 0) is 13.0 Å². The van der Waals surface area contributed by atoms with E-state index in [2.05, 4.69) is 0 Å². The van der Waals surface area contributed by atoms with Crippen molar-refractivity contribution in [3.8, 4) is 17.6 Å². The average molecular weight is 252 g/mol. The number of methoxy groups -OCH3 is 1. The van der Waals surface area contributed by atoms with Crippen LogP contribution in [0.15, 0.2) is 12.1 Å². The van der Waals surface area contributed by atoms with E-state index in [0.29, 0.717) is 0 Å². The Morgan fingerprint density at radius 1 is 1.56 bits per heavy atom. The van der Waals surface area contributed by atoms with Crippen molar-refractivity contribution < 1.29 is 19.5 Å². The summed E-state index contributed by atoms with van der Waals surface area (Å²) in [6.07, 6.45) is -0.765. The number of benzene rings is 1. The van der Waals surface area contributed by atoms with Crippen LogP contribution in [0.4, 0.5) is 5.69 Å². The Labute approximate surface area is 103 Å². The molecule has 0 heterocycles. The summed E-state index contributed by atoms with van der Waals surface area (Å²) in [6, 6.07) is 4.30. The molecule has 0 aliphatic rings. The van der Waals surface area contributed by atoms with Crippen LogP contribution in [0.5, 0.6) is 11.5 Å². The van der Waals surface area contributed by atoms with Gasteiger partial charge in [0.2, 0.25) is 0 Å². The van der Waals surface area contributed by atoms with Crippen LogP contribution in [0.3, 0.4) is 0 Å². The lowest BCUT2D eigenvalue weighted by Gasteiger charge is -2.13. The van der Waals surface area contributed by atoms with Gasteiger partial charge < -0.3 is 14.6 Å². The van der Waals surface area contributed by atoms with Gasteiger partial charge in [0.25, 0.3) is 5.69 Å². The van der Waals surface area contributed by atoms with E-state index in [4.69, 9.17) is 19.8 Å². The second kappa shape index (κ2) is 5.84. The third kappa shape index (κ3) is 2.87. The molecule has 0 saturated carbocycles. The molecule has 0 aliphatic carbocycles. The molecule has 0 aromatic heterocycles. The molecule has 1 aromatic rings. The molecular weight excluding hydrogens is 240 g/mol. The first-order chi connectivity index (χ1) is 8.53. The van der Waals surface area contributed by atoms with Crippen LogP contribution in [0.25, 0.3) is 0 Å². The molecule has 1 rings (SSSR count). The molecule has 0 radical (unpaired) electrons. The number of nitro benzene ring substituents is 1. The number of aliphatic hydroxyl groups is 1. The maximum Gasteiger partial charge on any atom is 0.278 e. The molecule has 0 amide bonds. The van der Waals surface area contributed by atoms with Gasteiger partial charge >= 0.3 is 0 Å². The van der Waals surface area contributed by atoms with E-state index in [1.807, 2.05) is 6.07 Å². The van der Waals surface area contributed by atoms with Gasteiger partial charge in [0, 0.05) is 0 Å². The number of nitro groups is 1. The number of ether oxygens (including phenoxy) is 2. The second-order valence-corrected chi connectivity index (χ2v) is 3.44. The van der Waals surface area contributed by atoms with Crippen molar-refractivity contribution in [1.29, 1.82) is 5.26 Å². The molecule has 1 N–H and O–H groups in total. The Morgan fingerprint density at radius 3 is 2.67 bits per heavy atom. The highest BCUT2D eigenvalue weighted by molar-refractivity contribution is 5.54. The van der Waals surface area contributed by atoms with Crippen molar-refractivity contribution in [2.75, 3.05) is 7.11 Å². The highest BCUT2D eigenvalue weighted by atomic mass is 16.6. The molecule has 1 atom stereocenters. The average Bonchev–Trinajstić information content (AvgIpc) is 2.37. The Balaban J connectivity index is 3.28. The van der Waals surface area contributed by atoms with Gasteiger partial charge in [0.05, 0.1) is 30.3 Å². The molecule has 7 heteroatoms. The Morgan fingerprint density at radius 2 is 2.22 bits per heavy atom. The molecule has 0 aliphatic heterocycles. The van der Waals surface area contributed by atoms with E-state index < -0.39 is 17.6 Å². The molecule has 96 valence electrons. The molecule has 1 aromatic carbocycles. The highest BCUT2D eigenvalue weighted by Crippen LogP contribution is 2.35. The third-order valence-electron chi connectivity index (χ3n) is 2.22. The van der Waals surface area contributed by atoms with Crippen molar-refractivity contribution in [1.82, 2.24) is 0 Å². The van der Waals surface area contributed by atoms with Gasteiger partial charge in [-0.3, -0.25) is 10.1 Å². The molecule has 0 fully saturated rings. The smallest absolute Gasteiger partial charge is 0.278 e. The van der Waals surface area contributed by atoms with Crippen LogP contribution in [0, 0.1) is 21.4 Å². The molecular formula is C11H12N2O5. The largest absolute Gasteiger partial charge is 0.493 e. The van der Waals surface area contributed by atoms with Gasteiger partial charge in [-0.25, -0.2) is 0 Å². The first-order valence-corrected chi connectivity index (χ1v) is 5.06. The van der Waals surface area contributed by atoms with Crippen LogP contribution >= 0.6 is 0 Å². The molecule has 7 nitrogen and oxygen atoms in total. The lowest BCUT2D eigenvalue weighted by atomic mass is 10.1.